The predicted molar refractivity (Wildman–Crippen MR) is 50.8 cm³/mol. The van der Waals surface area contributed by atoms with E-state index >= 15 is 0 Å². The Morgan fingerprint density at radius 2 is 2.00 bits per heavy atom. The molecule has 0 saturated carbocycles. The molecule has 2 rings (SSSR count). The molecule has 1 aliphatic heterocycles. The molecule has 1 unspecified atom stereocenters. The zero-order valence-corrected chi connectivity index (χ0v) is 8.09. The molecule has 1 heterocycles. The molecular weight excluding hydrogens is 220 g/mol. The maximum atomic E-state index is 11.3. The molecule has 0 aromatic heterocycles. The maximum Gasteiger partial charge on any atom is 0.261 e. The van der Waals surface area contributed by atoms with Crippen molar-refractivity contribution in [2.75, 3.05) is 4.72 Å². The average molecular weight is 225 g/mol. The van der Waals surface area contributed by atoms with E-state index in [-0.39, 0.29) is 16.8 Å². The molecule has 6 nitrogen and oxygen atoms in total. The zero-order chi connectivity index (χ0) is 11.0. The molecule has 2 amide bonds. The number of carbonyl (C=O) groups is 2. The van der Waals surface area contributed by atoms with Crippen LogP contribution in [-0.2, 0) is 11.3 Å². The summed E-state index contributed by atoms with van der Waals surface area (Å²) in [5.41, 5.74) is 0.339. The molecule has 78 valence electrons. The Hall–Kier alpha value is -1.73. The van der Waals surface area contributed by atoms with Crippen LogP contribution < -0.4 is 10.0 Å². The monoisotopic (exact) mass is 225 g/mol. The smallest absolute Gasteiger partial charge is 0.261 e. The van der Waals surface area contributed by atoms with Crippen molar-refractivity contribution in [2.45, 2.75) is 0 Å². The van der Waals surface area contributed by atoms with Crippen molar-refractivity contribution in [3.63, 3.8) is 0 Å². The van der Waals surface area contributed by atoms with Gasteiger partial charge in [0, 0.05) is 11.3 Å². The van der Waals surface area contributed by atoms with Crippen LogP contribution in [0.15, 0.2) is 18.2 Å². The van der Waals surface area contributed by atoms with E-state index < -0.39 is 23.1 Å². The fourth-order valence-electron chi connectivity index (χ4n) is 1.39. The summed E-state index contributed by atoms with van der Waals surface area (Å²) in [5.74, 6) is -1.11. The van der Waals surface area contributed by atoms with Crippen LogP contribution in [0, 0.1) is 0 Å². The van der Waals surface area contributed by atoms with Gasteiger partial charge in [-0.25, -0.2) is 0 Å². The number of anilines is 1. The third-order valence-corrected chi connectivity index (χ3v) is 2.34. The van der Waals surface area contributed by atoms with Gasteiger partial charge in [0.25, 0.3) is 11.8 Å². The van der Waals surface area contributed by atoms with Gasteiger partial charge in [0.05, 0.1) is 16.8 Å². The van der Waals surface area contributed by atoms with Crippen molar-refractivity contribution in [3.05, 3.63) is 29.3 Å². The summed E-state index contributed by atoms with van der Waals surface area (Å²) in [6.07, 6.45) is 0. The summed E-state index contributed by atoms with van der Waals surface area (Å²) in [4.78, 5) is 22.5. The number of imide groups is 1. The molecule has 1 aromatic rings. The van der Waals surface area contributed by atoms with Gasteiger partial charge in [-0.3, -0.25) is 19.1 Å². The SMILES string of the molecule is O=C1NC(=O)c2c(NS(=O)[O-])cccc21. The lowest BCUT2D eigenvalue weighted by atomic mass is 10.1. The molecule has 1 atom stereocenters. The summed E-state index contributed by atoms with van der Waals surface area (Å²) in [6, 6.07) is 4.35. The van der Waals surface area contributed by atoms with Crippen molar-refractivity contribution in [1.29, 1.82) is 0 Å². The van der Waals surface area contributed by atoms with Gasteiger partial charge >= 0.3 is 0 Å². The molecule has 2 N–H and O–H groups in total. The number of benzene rings is 1. The van der Waals surface area contributed by atoms with Gasteiger partial charge < -0.3 is 9.27 Å². The van der Waals surface area contributed by atoms with Crippen molar-refractivity contribution in [2.24, 2.45) is 0 Å². The molecule has 0 radical (unpaired) electrons. The van der Waals surface area contributed by atoms with Gasteiger partial charge in [0.2, 0.25) is 0 Å². The van der Waals surface area contributed by atoms with Crippen LogP contribution in [0.5, 0.6) is 0 Å². The van der Waals surface area contributed by atoms with Crippen molar-refractivity contribution >= 4 is 28.8 Å². The standard InChI is InChI=1S/C8H6N2O4S/c11-7-4-2-1-3-5(10-15(13)14)6(4)8(12)9-7/h1-3,10H,(H,13,14)(H,9,11,12)/p-1. The van der Waals surface area contributed by atoms with Gasteiger partial charge in [0.1, 0.15) is 0 Å². The molecule has 1 aliphatic rings. The Labute approximate surface area is 87.1 Å². The number of nitrogens with one attached hydrogen (secondary N) is 2. The molecule has 1 aromatic carbocycles. The lowest BCUT2D eigenvalue weighted by Gasteiger charge is -2.10. The van der Waals surface area contributed by atoms with Gasteiger partial charge in [-0.1, -0.05) is 6.07 Å². The molecule has 15 heavy (non-hydrogen) atoms. The lowest BCUT2D eigenvalue weighted by molar-refractivity contribution is 0.0880. The first-order valence-corrected chi connectivity index (χ1v) is 5.01. The van der Waals surface area contributed by atoms with Crippen LogP contribution in [0.1, 0.15) is 20.7 Å². The summed E-state index contributed by atoms with van der Waals surface area (Å²) in [7, 11) is 0. The van der Waals surface area contributed by atoms with E-state index in [4.69, 9.17) is 0 Å². The maximum absolute atomic E-state index is 11.3. The Balaban J connectivity index is 2.55. The zero-order valence-electron chi connectivity index (χ0n) is 7.27. The second kappa shape index (κ2) is 3.44. The third kappa shape index (κ3) is 1.62. The predicted octanol–water partition coefficient (Wildman–Crippen LogP) is -0.224. The van der Waals surface area contributed by atoms with Crippen LogP contribution in [0.2, 0.25) is 0 Å². The van der Waals surface area contributed by atoms with Gasteiger partial charge in [0.15, 0.2) is 0 Å². The molecule has 0 fully saturated rings. The van der Waals surface area contributed by atoms with Gasteiger partial charge in [-0.15, -0.1) is 0 Å². The second-order valence-electron chi connectivity index (χ2n) is 2.85. The minimum absolute atomic E-state index is 0.0618. The fraction of sp³-hybridized carbons (Fsp3) is 0. The normalized spacial score (nSPS) is 15.8. The van der Waals surface area contributed by atoms with Crippen molar-refractivity contribution < 1.29 is 18.4 Å². The number of amides is 2. The van der Waals surface area contributed by atoms with Crippen molar-refractivity contribution in [1.82, 2.24) is 5.32 Å². The first-order chi connectivity index (χ1) is 7.09. The average Bonchev–Trinajstić information content (AvgIpc) is 2.43. The van der Waals surface area contributed by atoms with Crippen LogP contribution in [0.25, 0.3) is 0 Å². The molecular formula is C8H5N2O4S-. The van der Waals surface area contributed by atoms with E-state index in [1.54, 1.807) is 0 Å². The van der Waals surface area contributed by atoms with E-state index in [0.29, 0.717) is 0 Å². The Morgan fingerprint density at radius 1 is 1.27 bits per heavy atom. The summed E-state index contributed by atoms with van der Waals surface area (Å²) < 4.78 is 22.9. The molecule has 0 aliphatic carbocycles. The topological polar surface area (TPSA) is 98.3 Å². The number of rotatable bonds is 2. The van der Waals surface area contributed by atoms with Crippen LogP contribution in [-0.4, -0.2) is 20.6 Å². The molecule has 0 spiro atoms. The van der Waals surface area contributed by atoms with Crippen molar-refractivity contribution in [3.8, 4) is 0 Å². The third-order valence-electron chi connectivity index (χ3n) is 1.96. The van der Waals surface area contributed by atoms with Gasteiger partial charge in [-0.05, 0) is 12.1 Å². The van der Waals surface area contributed by atoms with Crippen LogP contribution >= 0.6 is 0 Å². The first kappa shape index (κ1) is 9.81. The number of fused-ring (bicyclic) bond motifs is 1. The number of hydrogen-bond donors (Lipinski definition) is 2. The summed E-state index contributed by atoms with van der Waals surface area (Å²) in [6.45, 7) is 0. The molecule has 0 bridgehead atoms. The highest BCUT2D eigenvalue weighted by Gasteiger charge is 2.29. The summed E-state index contributed by atoms with van der Waals surface area (Å²) >= 11 is -2.53. The Bertz CT molecular complexity index is 486. The Morgan fingerprint density at radius 3 is 2.67 bits per heavy atom. The number of hydrogen-bond acceptors (Lipinski definition) is 4. The summed E-state index contributed by atoms with van der Waals surface area (Å²) in [5, 5.41) is 2.08. The lowest BCUT2D eigenvalue weighted by Crippen LogP contribution is -2.20. The van der Waals surface area contributed by atoms with Crippen LogP contribution in [0.3, 0.4) is 0 Å². The van der Waals surface area contributed by atoms with E-state index in [1.807, 2.05) is 0 Å². The quantitative estimate of drug-likeness (QED) is 0.536. The second-order valence-corrected chi connectivity index (χ2v) is 3.52. The fourth-order valence-corrected chi connectivity index (χ4v) is 1.74. The van der Waals surface area contributed by atoms with E-state index in [2.05, 4.69) is 10.0 Å². The van der Waals surface area contributed by atoms with E-state index in [1.165, 1.54) is 18.2 Å². The van der Waals surface area contributed by atoms with Gasteiger partial charge in [-0.2, -0.15) is 0 Å². The highest BCUT2D eigenvalue weighted by Crippen LogP contribution is 2.24. The van der Waals surface area contributed by atoms with Crippen LogP contribution in [0.4, 0.5) is 5.69 Å². The highest BCUT2D eigenvalue weighted by atomic mass is 32.2. The molecule has 7 heteroatoms. The highest BCUT2D eigenvalue weighted by molar-refractivity contribution is 7.80. The first-order valence-electron chi connectivity index (χ1n) is 3.94. The largest absolute Gasteiger partial charge is 0.755 e. The molecule has 0 saturated heterocycles. The number of carbonyl (C=O) groups excluding carboxylic acids is 2. The van der Waals surface area contributed by atoms with E-state index in [0.717, 1.165) is 0 Å². The Kier molecular flexibility index (Phi) is 2.25. The van der Waals surface area contributed by atoms with E-state index in [9.17, 15) is 18.4 Å². The minimum Gasteiger partial charge on any atom is -0.755 e. The minimum atomic E-state index is -2.53.